The first-order valence-electron chi connectivity index (χ1n) is 4.24. The van der Waals surface area contributed by atoms with E-state index in [1.54, 1.807) is 0 Å². The summed E-state index contributed by atoms with van der Waals surface area (Å²) in [6, 6.07) is 0. The monoisotopic (exact) mass is 153 g/mol. The van der Waals surface area contributed by atoms with E-state index in [2.05, 4.69) is 18.0 Å². The molecule has 62 valence electrons. The fourth-order valence-corrected chi connectivity index (χ4v) is 1.39. The maximum atomic E-state index is 8.56. The lowest BCUT2D eigenvalue weighted by Crippen LogP contribution is -2.44. The summed E-state index contributed by atoms with van der Waals surface area (Å²) in [6.07, 6.45) is 3.39. The van der Waals surface area contributed by atoms with Gasteiger partial charge < -0.3 is 4.90 Å². The highest BCUT2D eigenvalue weighted by molar-refractivity contribution is 4.80. The van der Waals surface area contributed by atoms with Gasteiger partial charge >= 0.3 is 0 Å². The third kappa shape index (κ3) is 2.39. The molecule has 1 fully saturated rings. The van der Waals surface area contributed by atoms with Gasteiger partial charge in [0, 0.05) is 26.2 Å². The van der Waals surface area contributed by atoms with E-state index in [0.29, 0.717) is 0 Å². The maximum absolute atomic E-state index is 8.56. The fourth-order valence-electron chi connectivity index (χ4n) is 1.39. The number of rotatable bonds is 2. The zero-order valence-corrected chi connectivity index (χ0v) is 7.08. The molecule has 0 saturated carbocycles. The van der Waals surface area contributed by atoms with Crippen molar-refractivity contribution < 1.29 is 0 Å². The van der Waals surface area contributed by atoms with Crippen LogP contribution in [0.5, 0.6) is 0 Å². The van der Waals surface area contributed by atoms with Crippen LogP contribution in [-0.4, -0.2) is 42.5 Å². The average molecular weight is 153 g/mol. The summed E-state index contributed by atoms with van der Waals surface area (Å²) in [7, 11) is 0. The number of hydrogen-bond acceptors (Lipinski definition) is 3. The summed E-state index contributed by atoms with van der Waals surface area (Å²) < 4.78 is 0. The second-order valence-electron chi connectivity index (χ2n) is 2.93. The van der Waals surface area contributed by atoms with Crippen molar-refractivity contribution in [3.63, 3.8) is 0 Å². The summed E-state index contributed by atoms with van der Waals surface area (Å²) in [5.74, 6) is 0. The van der Waals surface area contributed by atoms with Gasteiger partial charge in [0.25, 0.3) is 0 Å². The molecule has 0 unspecified atom stereocenters. The van der Waals surface area contributed by atoms with Gasteiger partial charge in [-0.2, -0.15) is 5.26 Å². The topological polar surface area (TPSA) is 30.3 Å². The lowest BCUT2D eigenvalue weighted by atomic mass is 10.3. The van der Waals surface area contributed by atoms with Gasteiger partial charge in [0.1, 0.15) is 0 Å². The van der Waals surface area contributed by atoms with Gasteiger partial charge in [0.15, 0.2) is 6.19 Å². The average Bonchev–Trinajstić information content (AvgIpc) is 2.07. The summed E-state index contributed by atoms with van der Waals surface area (Å²) in [6.45, 7) is 7.31. The Labute approximate surface area is 68.2 Å². The molecule has 0 radical (unpaired) electrons. The third-order valence-electron chi connectivity index (χ3n) is 2.05. The molecule has 0 aromatic carbocycles. The van der Waals surface area contributed by atoms with E-state index in [-0.39, 0.29) is 0 Å². The largest absolute Gasteiger partial charge is 0.308 e. The van der Waals surface area contributed by atoms with E-state index in [1.807, 2.05) is 4.90 Å². The zero-order valence-electron chi connectivity index (χ0n) is 7.08. The standard InChI is InChI=1S/C8H15N3/c1-2-3-10-4-6-11(8-9)7-5-10/h2-7H2,1H3. The Balaban J connectivity index is 2.20. The van der Waals surface area contributed by atoms with Crippen molar-refractivity contribution in [1.29, 1.82) is 5.26 Å². The van der Waals surface area contributed by atoms with Crippen LogP contribution >= 0.6 is 0 Å². The molecule has 1 rings (SSSR count). The fraction of sp³-hybridized carbons (Fsp3) is 0.875. The van der Waals surface area contributed by atoms with E-state index < -0.39 is 0 Å². The lowest BCUT2D eigenvalue weighted by molar-refractivity contribution is 0.174. The number of nitrogens with zero attached hydrogens (tertiary/aromatic N) is 3. The second kappa shape index (κ2) is 4.20. The maximum Gasteiger partial charge on any atom is 0.179 e. The molecule has 1 saturated heterocycles. The molecule has 0 aromatic rings. The van der Waals surface area contributed by atoms with Crippen molar-refractivity contribution in [3.05, 3.63) is 0 Å². The highest BCUT2D eigenvalue weighted by atomic mass is 15.2. The first-order chi connectivity index (χ1) is 5.36. The Hall–Kier alpha value is -0.750. The van der Waals surface area contributed by atoms with E-state index in [0.717, 1.165) is 26.2 Å². The Bertz CT molecular complexity index is 142. The minimum absolute atomic E-state index is 0.913. The summed E-state index contributed by atoms with van der Waals surface area (Å²) in [5, 5.41) is 8.56. The molecule has 0 amide bonds. The first-order valence-corrected chi connectivity index (χ1v) is 4.24. The Morgan fingerprint density at radius 1 is 1.27 bits per heavy atom. The van der Waals surface area contributed by atoms with Crippen LogP contribution < -0.4 is 0 Å². The van der Waals surface area contributed by atoms with E-state index in [9.17, 15) is 0 Å². The highest BCUT2D eigenvalue weighted by Gasteiger charge is 2.13. The predicted molar refractivity (Wildman–Crippen MR) is 43.9 cm³/mol. The smallest absolute Gasteiger partial charge is 0.179 e. The van der Waals surface area contributed by atoms with Gasteiger partial charge in [0.05, 0.1) is 0 Å². The minimum Gasteiger partial charge on any atom is -0.308 e. The highest BCUT2D eigenvalue weighted by Crippen LogP contribution is 2.00. The van der Waals surface area contributed by atoms with Crippen molar-refractivity contribution in [3.8, 4) is 6.19 Å². The van der Waals surface area contributed by atoms with Crippen LogP contribution in [0, 0.1) is 11.5 Å². The predicted octanol–water partition coefficient (Wildman–Crippen LogP) is 0.495. The van der Waals surface area contributed by atoms with Gasteiger partial charge in [-0.3, -0.25) is 4.90 Å². The summed E-state index contributed by atoms with van der Waals surface area (Å²) in [4.78, 5) is 4.24. The molecule has 1 aliphatic rings. The number of nitriles is 1. The Morgan fingerprint density at radius 2 is 1.91 bits per heavy atom. The molecule has 0 aliphatic carbocycles. The number of hydrogen-bond donors (Lipinski definition) is 0. The normalized spacial score (nSPS) is 19.8. The van der Waals surface area contributed by atoms with Crippen molar-refractivity contribution in [2.24, 2.45) is 0 Å². The lowest BCUT2D eigenvalue weighted by Gasteiger charge is -2.31. The van der Waals surface area contributed by atoms with Crippen LogP contribution in [-0.2, 0) is 0 Å². The molecule has 0 N–H and O–H groups in total. The molecule has 1 heterocycles. The molecule has 0 atom stereocenters. The van der Waals surface area contributed by atoms with Crippen molar-refractivity contribution in [2.45, 2.75) is 13.3 Å². The van der Waals surface area contributed by atoms with Gasteiger partial charge in [-0.05, 0) is 13.0 Å². The molecule has 0 spiro atoms. The van der Waals surface area contributed by atoms with Crippen LogP contribution in [0.3, 0.4) is 0 Å². The third-order valence-corrected chi connectivity index (χ3v) is 2.05. The van der Waals surface area contributed by atoms with Crippen LogP contribution in [0.1, 0.15) is 13.3 Å². The Morgan fingerprint density at radius 3 is 2.36 bits per heavy atom. The van der Waals surface area contributed by atoms with Gasteiger partial charge in [-0.25, -0.2) is 0 Å². The van der Waals surface area contributed by atoms with Crippen molar-refractivity contribution in [1.82, 2.24) is 9.80 Å². The van der Waals surface area contributed by atoms with Crippen molar-refractivity contribution >= 4 is 0 Å². The quantitative estimate of drug-likeness (QED) is 0.541. The van der Waals surface area contributed by atoms with Crippen molar-refractivity contribution in [2.75, 3.05) is 32.7 Å². The van der Waals surface area contributed by atoms with E-state index in [4.69, 9.17) is 5.26 Å². The Kier molecular flexibility index (Phi) is 3.18. The van der Waals surface area contributed by atoms with Gasteiger partial charge in [-0.1, -0.05) is 6.92 Å². The molecule has 11 heavy (non-hydrogen) atoms. The summed E-state index contributed by atoms with van der Waals surface area (Å²) in [5.41, 5.74) is 0. The first kappa shape index (κ1) is 8.35. The zero-order chi connectivity index (χ0) is 8.10. The second-order valence-corrected chi connectivity index (χ2v) is 2.93. The molecular formula is C8H15N3. The summed E-state index contributed by atoms with van der Waals surface area (Å²) >= 11 is 0. The molecule has 0 bridgehead atoms. The van der Waals surface area contributed by atoms with Gasteiger partial charge in [-0.15, -0.1) is 0 Å². The molecule has 0 aromatic heterocycles. The van der Waals surface area contributed by atoms with Crippen LogP contribution in [0.25, 0.3) is 0 Å². The molecule has 3 nitrogen and oxygen atoms in total. The number of piperazine rings is 1. The minimum atomic E-state index is 0.913. The molecule has 3 heteroatoms. The van der Waals surface area contributed by atoms with Crippen LogP contribution in [0.15, 0.2) is 0 Å². The van der Waals surface area contributed by atoms with Gasteiger partial charge in [0.2, 0.25) is 0 Å². The molecular weight excluding hydrogens is 138 g/mol. The van der Waals surface area contributed by atoms with Crippen LogP contribution in [0.2, 0.25) is 0 Å². The van der Waals surface area contributed by atoms with Crippen LogP contribution in [0.4, 0.5) is 0 Å². The SMILES string of the molecule is CCCN1CCN(C#N)CC1. The molecule has 1 aliphatic heterocycles. The van der Waals surface area contributed by atoms with E-state index in [1.165, 1.54) is 13.0 Å². The van der Waals surface area contributed by atoms with E-state index >= 15 is 0 Å².